The van der Waals surface area contributed by atoms with Crippen LogP contribution in [0.1, 0.15) is 97.2 Å². The first-order chi connectivity index (χ1) is 30.0. The lowest BCUT2D eigenvalue weighted by atomic mass is 9.68. The lowest BCUT2D eigenvalue weighted by molar-refractivity contribution is 0.350. The number of hydrogen-bond donors (Lipinski definition) is 0. The van der Waals surface area contributed by atoms with E-state index in [1.807, 2.05) is 0 Å². The van der Waals surface area contributed by atoms with Gasteiger partial charge in [-0.2, -0.15) is 0 Å². The molecule has 6 aliphatic carbocycles. The van der Waals surface area contributed by atoms with Gasteiger partial charge in [-0.3, -0.25) is 0 Å². The molecule has 0 aromatic heterocycles. The number of benzene rings is 7. The van der Waals surface area contributed by atoms with Crippen molar-refractivity contribution in [2.45, 2.75) is 82.0 Å². The topological polar surface area (TPSA) is 6.48 Å². The summed E-state index contributed by atoms with van der Waals surface area (Å²) in [5.74, 6) is 3.44. The molecule has 6 aliphatic rings. The summed E-state index contributed by atoms with van der Waals surface area (Å²) in [7, 11) is 0. The molecule has 6 atom stereocenters. The van der Waals surface area contributed by atoms with Crippen LogP contribution in [0.25, 0.3) is 11.1 Å². The Kier molecular flexibility index (Phi) is 7.83. The lowest BCUT2D eigenvalue weighted by Gasteiger charge is -2.40. The van der Waals surface area contributed by atoms with Crippen LogP contribution in [0, 0.1) is 23.7 Å². The van der Waals surface area contributed by atoms with Gasteiger partial charge in [0.1, 0.15) is 0 Å². The molecular weight excluding hydrogens is 737 g/mol. The molecule has 0 radical (unpaired) electrons. The monoisotopic (exact) mass is 790 g/mol. The molecule has 2 bridgehead atoms. The first kappa shape index (κ1) is 35.9. The fourth-order valence-corrected chi connectivity index (χ4v) is 14.5. The van der Waals surface area contributed by atoms with E-state index in [1.165, 1.54) is 94.9 Å². The zero-order valence-electron chi connectivity index (χ0n) is 35.5. The Bertz CT molecular complexity index is 2850. The summed E-state index contributed by atoms with van der Waals surface area (Å²) in [6.07, 6.45) is 10.4. The van der Waals surface area contributed by atoms with Crippen LogP contribution in [-0.2, 0) is 23.7 Å². The molecule has 0 heterocycles. The number of fused-ring (bicyclic) bond motifs is 7. The molecule has 13 rings (SSSR count). The van der Waals surface area contributed by atoms with Gasteiger partial charge in [0.2, 0.25) is 0 Å². The summed E-state index contributed by atoms with van der Waals surface area (Å²) in [6, 6.07) is 63.1. The molecule has 0 aliphatic heterocycles. The molecule has 300 valence electrons. The number of nitrogens with zero attached hydrogens (tertiary/aromatic N) is 2. The number of anilines is 6. The number of para-hydroxylation sites is 3. The van der Waals surface area contributed by atoms with E-state index < -0.39 is 0 Å². The molecule has 2 nitrogen and oxygen atoms in total. The summed E-state index contributed by atoms with van der Waals surface area (Å²) >= 11 is 0. The Morgan fingerprint density at radius 2 is 1.05 bits per heavy atom. The molecule has 61 heavy (non-hydrogen) atoms. The maximum Gasteiger partial charge on any atom is 0.0505 e. The van der Waals surface area contributed by atoms with E-state index in [1.54, 1.807) is 27.8 Å². The van der Waals surface area contributed by atoms with E-state index >= 15 is 0 Å². The average molecular weight is 791 g/mol. The fourth-order valence-electron chi connectivity index (χ4n) is 14.5. The van der Waals surface area contributed by atoms with E-state index in [0.717, 1.165) is 24.7 Å². The van der Waals surface area contributed by atoms with Gasteiger partial charge in [0.25, 0.3) is 0 Å². The predicted molar refractivity (Wildman–Crippen MR) is 252 cm³/mol. The van der Waals surface area contributed by atoms with Crippen molar-refractivity contribution in [3.63, 3.8) is 0 Å². The SMILES string of the molecule is CC1(C)c2ccccc2-c2ccc(N(c3ccccc3)c3cccc4c3C35c6c(cccc6N(c6ccccc6)c6ccccc6C6CC7CCC6C7)CC3CCC5C4)cc21. The highest BCUT2D eigenvalue weighted by atomic mass is 15.2. The molecule has 7 aromatic carbocycles. The van der Waals surface area contributed by atoms with Crippen LogP contribution in [0.2, 0.25) is 0 Å². The van der Waals surface area contributed by atoms with Crippen LogP contribution in [0.3, 0.4) is 0 Å². The summed E-state index contributed by atoms with van der Waals surface area (Å²) in [4.78, 5) is 5.34. The van der Waals surface area contributed by atoms with Crippen molar-refractivity contribution in [2.75, 3.05) is 9.80 Å². The van der Waals surface area contributed by atoms with Crippen molar-refractivity contribution in [1.29, 1.82) is 0 Å². The predicted octanol–water partition coefficient (Wildman–Crippen LogP) is 15.3. The van der Waals surface area contributed by atoms with Gasteiger partial charge < -0.3 is 9.80 Å². The van der Waals surface area contributed by atoms with Gasteiger partial charge >= 0.3 is 0 Å². The smallest absolute Gasteiger partial charge is 0.0505 e. The second-order valence-electron chi connectivity index (χ2n) is 20.0. The first-order valence-electron chi connectivity index (χ1n) is 23.3. The molecule has 3 saturated carbocycles. The molecule has 3 fully saturated rings. The van der Waals surface area contributed by atoms with Crippen molar-refractivity contribution < 1.29 is 0 Å². The van der Waals surface area contributed by atoms with Crippen LogP contribution in [0.4, 0.5) is 34.1 Å². The molecule has 0 saturated heterocycles. The summed E-state index contributed by atoms with van der Waals surface area (Å²) < 4.78 is 0. The zero-order chi connectivity index (χ0) is 40.5. The summed E-state index contributed by atoms with van der Waals surface area (Å²) in [5.41, 5.74) is 21.1. The maximum atomic E-state index is 2.71. The maximum absolute atomic E-state index is 2.71. The van der Waals surface area contributed by atoms with Gasteiger partial charge in [0.05, 0.1) is 11.4 Å². The van der Waals surface area contributed by atoms with Crippen molar-refractivity contribution in [2.24, 2.45) is 23.7 Å². The Morgan fingerprint density at radius 3 is 1.72 bits per heavy atom. The zero-order valence-corrected chi connectivity index (χ0v) is 35.5. The third-order valence-corrected chi connectivity index (χ3v) is 16.8. The highest BCUT2D eigenvalue weighted by Crippen LogP contribution is 2.69. The highest BCUT2D eigenvalue weighted by molar-refractivity contribution is 5.89. The Labute approximate surface area is 361 Å². The fraction of sp³-hybridized carbons (Fsp3) is 0.288. The van der Waals surface area contributed by atoms with Crippen molar-refractivity contribution in [3.05, 3.63) is 203 Å². The van der Waals surface area contributed by atoms with Crippen LogP contribution >= 0.6 is 0 Å². The van der Waals surface area contributed by atoms with Crippen molar-refractivity contribution in [1.82, 2.24) is 0 Å². The lowest BCUT2D eigenvalue weighted by Crippen LogP contribution is -2.35. The highest BCUT2D eigenvalue weighted by Gasteiger charge is 2.62. The molecular formula is C59H54N2. The molecule has 6 unspecified atom stereocenters. The Morgan fingerprint density at radius 1 is 0.459 bits per heavy atom. The third-order valence-electron chi connectivity index (χ3n) is 16.8. The van der Waals surface area contributed by atoms with Gasteiger partial charge in [-0.15, -0.1) is 0 Å². The minimum atomic E-state index is -0.0917. The number of rotatable bonds is 7. The average Bonchev–Trinajstić information content (AvgIpc) is 4.16. The van der Waals surface area contributed by atoms with Crippen LogP contribution in [0.5, 0.6) is 0 Å². The molecule has 2 heteroatoms. The van der Waals surface area contributed by atoms with Gasteiger partial charge in [-0.25, -0.2) is 0 Å². The van der Waals surface area contributed by atoms with Crippen molar-refractivity contribution >= 4 is 34.1 Å². The second-order valence-corrected chi connectivity index (χ2v) is 20.0. The van der Waals surface area contributed by atoms with E-state index in [4.69, 9.17) is 0 Å². The molecule has 0 N–H and O–H groups in total. The molecule has 1 spiro atoms. The minimum Gasteiger partial charge on any atom is -0.310 e. The van der Waals surface area contributed by atoms with E-state index in [-0.39, 0.29) is 10.8 Å². The normalized spacial score (nSPS) is 25.4. The Hall–Kier alpha value is -5.86. The number of hydrogen-bond acceptors (Lipinski definition) is 2. The van der Waals surface area contributed by atoms with Crippen LogP contribution in [-0.4, -0.2) is 0 Å². The minimum absolute atomic E-state index is 0.0855. The van der Waals surface area contributed by atoms with Crippen molar-refractivity contribution in [3.8, 4) is 11.1 Å². The largest absolute Gasteiger partial charge is 0.310 e. The second kappa shape index (κ2) is 13.3. The standard InChI is InChI=1S/C59H54N2/c1-58(2)51-23-11-9-21-47(51)48-32-31-46(37-52(48)58)60(44-17-5-3-6-18-44)54-25-13-15-40-35-42-29-30-43-36-41-16-14-26-55(57(41)59(42,43)56(40)54)61(45-19-7-4-8-20-45)53-24-12-10-22-49(53)50-34-38-27-28-39(50)33-38/h3-26,31-32,37-39,42-43,50H,27-30,33-36H2,1-2H3. The van der Waals surface area contributed by atoms with E-state index in [2.05, 4.69) is 187 Å². The van der Waals surface area contributed by atoms with Crippen LogP contribution < -0.4 is 9.80 Å². The first-order valence-corrected chi connectivity index (χ1v) is 23.3. The summed E-state index contributed by atoms with van der Waals surface area (Å²) in [6.45, 7) is 4.82. The van der Waals surface area contributed by atoms with Crippen LogP contribution in [0.15, 0.2) is 164 Å². The van der Waals surface area contributed by atoms with Gasteiger partial charge in [-0.05, 0) is 179 Å². The molecule has 7 aromatic rings. The van der Waals surface area contributed by atoms with E-state index in [9.17, 15) is 0 Å². The molecule has 0 amide bonds. The quantitative estimate of drug-likeness (QED) is 0.159. The summed E-state index contributed by atoms with van der Waals surface area (Å²) in [5, 5.41) is 0. The van der Waals surface area contributed by atoms with Gasteiger partial charge in [-0.1, -0.05) is 129 Å². The van der Waals surface area contributed by atoms with Gasteiger partial charge in [0, 0.05) is 33.6 Å². The van der Waals surface area contributed by atoms with Gasteiger partial charge in [0.15, 0.2) is 0 Å². The van der Waals surface area contributed by atoms with E-state index in [0.29, 0.717) is 17.8 Å². The Balaban J connectivity index is 1.04. The third kappa shape index (κ3) is 5.03.